The molecule has 4 rings (SSSR count). The number of nitrogens with zero attached hydrogens (tertiary/aromatic N) is 3. The van der Waals surface area contributed by atoms with Crippen LogP contribution < -0.4 is 4.90 Å². The second-order valence-corrected chi connectivity index (χ2v) is 11.8. The van der Waals surface area contributed by atoms with Crippen molar-refractivity contribution >= 4 is 11.8 Å². The van der Waals surface area contributed by atoms with Crippen molar-refractivity contribution in [3.8, 4) is 5.75 Å². The number of hydrogen-bond acceptors (Lipinski definition) is 5. The van der Waals surface area contributed by atoms with Gasteiger partial charge in [0, 0.05) is 31.2 Å². The second kappa shape index (κ2) is 11.7. The van der Waals surface area contributed by atoms with Crippen molar-refractivity contribution in [2.75, 3.05) is 37.8 Å². The van der Waals surface area contributed by atoms with E-state index < -0.39 is 66.4 Å². The molecule has 0 saturated carbocycles. The Kier molecular flexibility index (Phi) is 8.84. The Hall–Kier alpha value is -2.99. The standard InChI is InChI=1S/C29H35F6N3O3/c1-17-10-18-11-21(39)6-7-22(18)26(37(17)16-29(33,34)35)25-23(31)12-19(13-24(25)32)38(27(40)41-28(2,3)4)20-14-36(15-20)9-5-8-30/h6-7,11-13,17,20,26,39H,5,8-10,14-16H2,1-4H3/t17-,26?/m1/s1. The number of halogens is 6. The summed E-state index contributed by atoms with van der Waals surface area (Å²) in [6.45, 7) is 5.71. The molecule has 2 aromatic rings. The zero-order valence-corrected chi connectivity index (χ0v) is 23.4. The highest BCUT2D eigenvalue weighted by molar-refractivity contribution is 5.89. The Morgan fingerprint density at radius 3 is 2.29 bits per heavy atom. The van der Waals surface area contributed by atoms with Crippen LogP contribution in [0.25, 0.3) is 0 Å². The summed E-state index contributed by atoms with van der Waals surface area (Å²) in [5.74, 6) is -2.34. The third-order valence-electron chi connectivity index (χ3n) is 7.31. The minimum atomic E-state index is -4.64. The predicted molar refractivity (Wildman–Crippen MR) is 142 cm³/mol. The van der Waals surface area contributed by atoms with Crippen LogP contribution >= 0.6 is 0 Å². The number of phenols is 1. The highest BCUT2D eigenvalue weighted by Gasteiger charge is 2.43. The smallest absolute Gasteiger partial charge is 0.415 e. The first-order valence-corrected chi connectivity index (χ1v) is 13.5. The number of aromatic hydroxyl groups is 1. The average Bonchev–Trinajstić information content (AvgIpc) is 2.79. The number of rotatable bonds is 7. The maximum Gasteiger partial charge on any atom is 0.415 e. The maximum absolute atomic E-state index is 16.0. The van der Waals surface area contributed by atoms with E-state index in [1.54, 1.807) is 20.8 Å². The molecule has 226 valence electrons. The lowest BCUT2D eigenvalue weighted by Gasteiger charge is -2.45. The van der Waals surface area contributed by atoms with Crippen molar-refractivity contribution in [1.82, 2.24) is 9.80 Å². The zero-order valence-electron chi connectivity index (χ0n) is 23.4. The van der Waals surface area contributed by atoms with E-state index in [2.05, 4.69) is 0 Å². The van der Waals surface area contributed by atoms with Crippen LogP contribution in [0.5, 0.6) is 5.75 Å². The van der Waals surface area contributed by atoms with Gasteiger partial charge in [-0.15, -0.1) is 0 Å². The normalized spacial score (nSPS) is 20.4. The molecule has 1 N–H and O–H groups in total. The fraction of sp³-hybridized carbons (Fsp3) is 0.552. The van der Waals surface area contributed by atoms with Crippen molar-refractivity contribution < 1.29 is 41.0 Å². The van der Waals surface area contributed by atoms with Crippen molar-refractivity contribution in [1.29, 1.82) is 0 Å². The molecule has 2 aliphatic heterocycles. The first kappa shape index (κ1) is 31.0. The number of fused-ring (bicyclic) bond motifs is 1. The summed E-state index contributed by atoms with van der Waals surface area (Å²) in [6, 6.07) is 3.24. The van der Waals surface area contributed by atoms with Gasteiger partial charge < -0.3 is 9.84 Å². The SMILES string of the molecule is C[C@@H]1Cc2cc(O)ccc2C(c2c(F)cc(N(C(=O)OC(C)(C)C)C3CN(CCCF)C3)cc2F)N1CC(F)(F)F. The van der Waals surface area contributed by atoms with Gasteiger partial charge in [-0.1, -0.05) is 6.07 Å². The summed E-state index contributed by atoms with van der Waals surface area (Å²) in [4.78, 5) is 17.2. The van der Waals surface area contributed by atoms with Crippen molar-refractivity contribution in [3.63, 3.8) is 0 Å². The van der Waals surface area contributed by atoms with E-state index in [0.29, 0.717) is 31.6 Å². The number of ether oxygens (including phenoxy) is 1. The largest absolute Gasteiger partial charge is 0.508 e. The Bertz CT molecular complexity index is 1240. The molecule has 1 fully saturated rings. The van der Waals surface area contributed by atoms with Crippen LogP contribution in [0.2, 0.25) is 0 Å². The number of amides is 1. The van der Waals surface area contributed by atoms with Gasteiger partial charge in [-0.2, -0.15) is 13.2 Å². The molecule has 1 unspecified atom stereocenters. The highest BCUT2D eigenvalue weighted by atomic mass is 19.4. The molecule has 1 amide bonds. The highest BCUT2D eigenvalue weighted by Crippen LogP contribution is 2.43. The van der Waals surface area contributed by atoms with Crippen LogP contribution in [0.15, 0.2) is 30.3 Å². The summed E-state index contributed by atoms with van der Waals surface area (Å²) in [7, 11) is 0. The lowest BCUT2D eigenvalue weighted by atomic mass is 9.84. The Labute approximate surface area is 235 Å². The molecule has 0 aromatic heterocycles. The van der Waals surface area contributed by atoms with E-state index in [1.807, 2.05) is 4.90 Å². The first-order valence-electron chi connectivity index (χ1n) is 13.5. The third kappa shape index (κ3) is 7.09. The van der Waals surface area contributed by atoms with Crippen molar-refractivity contribution in [2.45, 2.75) is 70.4 Å². The average molecular weight is 588 g/mol. The Morgan fingerprint density at radius 1 is 1.10 bits per heavy atom. The molecule has 6 nitrogen and oxygen atoms in total. The second-order valence-electron chi connectivity index (χ2n) is 11.8. The van der Waals surface area contributed by atoms with Gasteiger partial charge in [-0.25, -0.2) is 13.6 Å². The van der Waals surface area contributed by atoms with Gasteiger partial charge in [0.2, 0.25) is 0 Å². The van der Waals surface area contributed by atoms with Gasteiger partial charge in [0.05, 0.1) is 31.0 Å². The number of carbonyl (C=O) groups is 1. The minimum Gasteiger partial charge on any atom is -0.508 e. The van der Waals surface area contributed by atoms with E-state index in [4.69, 9.17) is 4.74 Å². The number of phenolic OH excluding ortho intramolecular Hbond substituents is 1. The summed E-state index contributed by atoms with van der Waals surface area (Å²) >= 11 is 0. The van der Waals surface area contributed by atoms with E-state index in [9.17, 15) is 27.5 Å². The number of carbonyl (C=O) groups excluding carboxylic acids is 1. The molecule has 0 bridgehead atoms. The fourth-order valence-electron chi connectivity index (χ4n) is 5.60. The first-order chi connectivity index (χ1) is 19.1. The number of benzene rings is 2. The molecule has 41 heavy (non-hydrogen) atoms. The molecule has 1 saturated heterocycles. The third-order valence-corrected chi connectivity index (χ3v) is 7.31. The van der Waals surface area contributed by atoms with Crippen LogP contribution in [0.4, 0.5) is 36.8 Å². The minimum absolute atomic E-state index is 0.107. The lowest BCUT2D eigenvalue weighted by molar-refractivity contribution is -0.155. The Morgan fingerprint density at radius 2 is 1.73 bits per heavy atom. The number of anilines is 1. The lowest BCUT2D eigenvalue weighted by Crippen LogP contribution is -2.61. The van der Waals surface area contributed by atoms with Crippen molar-refractivity contribution in [2.24, 2.45) is 0 Å². The number of hydrogen-bond donors (Lipinski definition) is 1. The van der Waals surface area contributed by atoms with Crippen LogP contribution in [0.1, 0.15) is 56.8 Å². The van der Waals surface area contributed by atoms with E-state index >= 15 is 8.78 Å². The van der Waals surface area contributed by atoms with Crippen LogP contribution in [-0.2, 0) is 11.2 Å². The van der Waals surface area contributed by atoms with E-state index in [1.165, 1.54) is 25.1 Å². The van der Waals surface area contributed by atoms with Gasteiger partial charge in [0.15, 0.2) is 0 Å². The maximum atomic E-state index is 16.0. The molecule has 2 aliphatic rings. The molecule has 2 heterocycles. The van der Waals surface area contributed by atoms with Crippen LogP contribution in [0.3, 0.4) is 0 Å². The van der Waals surface area contributed by atoms with Gasteiger partial charge >= 0.3 is 12.3 Å². The van der Waals surface area contributed by atoms with Crippen LogP contribution in [-0.4, -0.2) is 77.7 Å². The molecular formula is C29H35F6N3O3. The predicted octanol–water partition coefficient (Wildman–Crippen LogP) is 6.35. The fourth-order valence-corrected chi connectivity index (χ4v) is 5.60. The van der Waals surface area contributed by atoms with E-state index in [0.717, 1.165) is 21.9 Å². The van der Waals surface area contributed by atoms with Crippen molar-refractivity contribution in [3.05, 3.63) is 58.7 Å². The molecule has 12 heteroatoms. The summed E-state index contributed by atoms with van der Waals surface area (Å²) in [6.07, 6.45) is -5.01. The molecule has 2 atom stereocenters. The quantitative estimate of drug-likeness (QED) is 0.383. The topological polar surface area (TPSA) is 56.2 Å². The molecule has 0 radical (unpaired) electrons. The van der Waals surface area contributed by atoms with Gasteiger partial charge in [-0.3, -0.25) is 19.1 Å². The Balaban J connectivity index is 1.76. The van der Waals surface area contributed by atoms with E-state index in [-0.39, 0.29) is 23.4 Å². The molecule has 2 aromatic carbocycles. The summed E-state index contributed by atoms with van der Waals surface area (Å²) < 4.78 is 90.9. The molecule has 0 aliphatic carbocycles. The number of likely N-dealkylation sites (tertiary alicyclic amines) is 1. The monoisotopic (exact) mass is 587 g/mol. The summed E-state index contributed by atoms with van der Waals surface area (Å²) in [5.41, 5.74) is -0.886. The van der Waals surface area contributed by atoms with Crippen LogP contribution in [0, 0.1) is 11.6 Å². The van der Waals surface area contributed by atoms with Gasteiger partial charge in [-0.05, 0) is 75.9 Å². The van der Waals surface area contributed by atoms with Gasteiger partial charge in [0.1, 0.15) is 23.0 Å². The molecular weight excluding hydrogens is 552 g/mol. The zero-order chi connectivity index (χ0) is 30.3. The van der Waals surface area contributed by atoms with Gasteiger partial charge in [0.25, 0.3) is 0 Å². The molecule has 0 spiro atoms. The summed E-state index contributed by atoms with van der Waals surface area (Å²) in [5, 5.41) is 9.96. The number of alkyl halides is 4.